The van der Waals surface area contributed by atoms with E-state index in [4.69, 9.17) is 4.42 Å². The van der Waals surface area contributed by atoms with Gasteiger partial charge in [-0.05, 0) is 53.9 Å². The van der Waals surface area contributed by atoms with Crippen LogP contribution in [-0.4, -0.2) is 10.8 Å². The second kappa shape index (κ2) is 7.79. The van der Waals surface area contributed by atoms with Gasteiger partial charge < -0.3 is 9.32 Å². The zero-order valence-corrected chi connectivity index (χ0v) is 14.1. The maximum atomic E-state index is 13.1. The highest BCUT2D eigenvalue weighted by Gasteiger charge is 2.18. The van der Waals surface area contributed by atoms with Crippen LogP contribution in [0.1, 0.15) is 34.2 Å². The lowest BCUT2D eigenvalue weighted by Crippen LogP contribution is -2.30. The minimum atomic E-state index is -0.357. The monoisotopic (exact) mass is 337 g/mol. The number of carbonyl (C=O) groups is 1. The number of furan rings is 1. The summed E-state index contributed by atoms with van der Waals surface area (Å²) in [5.74, 6) is 0.195. The molecule has 3 aromatic rings. The van der Waals surface area contributed by atoms with E-state index in [-0.39, 0.29) is 11.7 Å². The first-order valence-electron chi connectivity index (χ1n) is 8.30. The number of halogens is 1. The zero-order valence-electron chi connectivity index (χ0n) is 14.1. The van der Waals surface area contributed by atoms with E-state index in [0.717, 1.165) is 12.0 Å². The van der Waals surface area contributed by atoms with Crippen LogP contribution in [0.2, 0.25) is 0 Å². The predicted molar refractivity (Wildman–Crippen MR) is 94.5 cm³/mol. The summed E-state index contributed by atoms with van der Waals surface area (Å²) >= 11 is 0. The number of hydrogen-bond acceptors (Lipinski definition) is 2. The fraction of sp³-hybridized carbons (Fsp3) is 0.190. The van der Waals surface area contributed by atoms with Gasteiger partial charge in [-0.25, -0.2) is 4.39 Å². The average molecular weight is 337 g/mol. The Morgan fingerprint density at radius 1 is 0.960 bits per heavy atom. The molecule has 0 aliphatic heterocycles. The lowest BCUT2D eigenvalue weighted by molar-refractivity contribution is 0.0717. The molecule has 0 bridgehead atoms. The molecule has 0 aliphatic rings. The van der Waals surface area contributed by atoms with Gasteiger partial charge in [-0.2, -0.15) is 0 Å². The van der Waals surface area contributed by atoms with E-state index in [1.807, 2.05) is 18.2 Å². The molecule has 0 N–H and O–H groups in total. The van der Waals surface area contributed by atoms with E-state index < -0.39 is 0 Å². The van der Waals surface area contributed by atoms with E-state index in [1.165, 1.54) is 29.8 Å². The molecule has 1 aromatic heterocycles. The average Bonchev–Trinajstić information content (AvgIpc) is 3.15. The van der Waals surface area contributed by atoms with Crippen molar-refractivity contribution in [3.63, 3.8) is 0 Å². The SMILES string of the molecule is CCc1ccc(CN(Cc2ccco2)C(=O)c2ccc(F)cc2)cc1. The summed E-state index contributed by atoms with van der Waals surface area (Å²) in [6.45, 7) is 2.93. The summed E-state index contributed by atoms with van der Waals surface area (Å²) in [6, 6.07) is 17.5. The Labute approximate surface area is 146 Å². The van der Waals surface area contributed by atoms with Gasteiger partial charge in [0.05, 0.1) is 12.8 Å². The molecular formula is C21H20FNO2. The van der Waals surface area contributed by atoms with Gasteiger partial charge in [0.15, 0.2) is 0 Å². The molecule has 0 saturated heterocycles. The number of benzene rings is 2. The van der Waals surface area contributed by atoms with Gasteiger partial charge in [-0.15, -0.1) is 0 Å². The summed E-state index contributed by atoms with van der Waals surface area (Å²) in [5.41, 5.74) is 2.75. The third-order valence-electron chi connectivity index (χ3n) is 4.11. The standard InChI is InChI=1S/C21H20FNO2/c1-2-16-5-7-17(8-6-16)14-23(15-20-4-3-13-25-20)21(24)18-9-11-19(22)12-10-18/h3-13H,2,14-15H2,1H3. The molecule has 3 rings (SSSR count). The van der Waals surface area contributed by atoms with Crippen molar-refractivity contribution in [3.05, 3.63) is 95.2 Å². The second-order valence-corrected chi connectivity index (χ2v) is 5.92. The number of nitrogens with zero attached hydrogens (tertiary/aromatic N) is 1. The van der Waals surface area contributed by atoms with Crippen LogP contribution in [0.3, 0.4) is 0 Å². The summed E-state index contributed by atoms with van der Waals surface area (Å²) in [6.07, 6.45) is 2.57. The highest BCUT2D eigenvalue weighted by molar-refractivity contribution is 5.94. The molecule has 1 amide bonds. The van der Waals surface area contributed by atoms with Crippen molar-refractivity contribution in [2.75, 3.05) is 0 Å². The van der Waals surface area contributed by atoms with Gasteiger partial charge in [0, 0.05) is 12.1 Å². The van der Waals surface area contributed by atoms with Gasteiger partial charge in [0.1, 0.15) is 11.6 Å². The van der Waals surface area contributed by atoms with Crippen molar-refractivity contribution in [3.8, 4) is 0 Å². The summed E-state index contributed by atoms with van der Waals surface area (Å²) < 4.78 is 18.5. The van der Waals surface area contributed by atoms with Crippen LogP contribution in [0.15, 0.2) is 71.3 Å². The number of rotatable bonds is 6. The number of aryl methyl sites for hydroxylation is 1. The molecule has 2 aromatic carbocycles. The minimum Gasteiger partial charge on any atom is -0.467 e. The lowest BCUT2D eigenvalue weighted by Gasteiger charge is -2.22. The van der Waals surface area contributed by atoms with E-state index >= 15 is 0 Å². The van der Waals surface area contributed by atoms with Crippen LogP contribution in [0.5, 0.6) is 0 Å². The third-order valence-corrected chi connectivity index (χ3v) is 4.11. The van der Waals surface area contributed by atoms with Gasteiger partial charge in [0.25, 0.3) is 5.91 Å². The fourth-order valence-corrected chi connectivity index (χ4v) is 2.67. The van der Waals surface area contributed by atoms with Crippen molar-refractivity contribution in [1.82, 2.24) is 4.90 Å². The van der Waals surface area contributed by atoms with Crippen molar-refractivity contribution < 1.29 is 13.6 Å². The fourth-order valence-electron chi connectivity index (χ4n) is 2.67. The van der Waals surface area contributed by atoms with Gasteiger partial charge in [-0.3, -0.25) is 4.79 Å². The summed E-state index contributed by atoms with van der Waals surface area (Å²) in [5, 5.41) is 0. The van der Waals surface area contributed by atoms with Crippen molar-refractivity contribution >= 4 is 5.91 Å². The van der Waals surface area contributed by atoms with E-state index in [9.17, 15) is 9.18 Å². The molecular weight excluding hydrogens is 317 g/mol. The molecule has 0 aliphatic carbocycles. The van der Waals surface area contributed by atoms with E-state index in [2.05, 4.69) is 19.1 Å². The Morgan fingerprint density at radius 3 is 2.24 bits per heavy atom. The maximum absolute atomic E-state index is 13.1. The van der Waals surface area contributed by atoms with Crippen molar-refractivity contribution in [2.45, 2.75) is 26.4 Å². The van der Waals surface area contributed by atoms with Gasteiger partial charge >= 0.3 is 0 Å². The molecule has 0 fully saturated rings. The van der Waals surface area contributed by atoms with Gasteiger partial charge in [-0.1, -0.05) is 31.2 Å². The third kappa shape index (κ3) is 4.35. The minimum absolute atomic E-state index is 0.157. The quantitative estimate of drug-likeness (QED) is 0.646. The predicted octanol–water partition coefficient (Wildman–Crippen LogP) is 4.82. The maximum Gasteiger partial charge on any atom is 0.254 e. The second-order valence-electron chi connectivity index (χ2n) is 5.92. The number of hydrogen-bond donors (Lipinski definition) is 0. The van der Waals surface area contributed by atoms with Crippen LogP contribution < -0.4 is 0 Å². The van der Waals surface area contributed by atoms with Crippen LogP contribution in [0.4, 0.5) is 4.39 Å². The number of carbonyl (C=O) groups excluding carboxylic acids is 1. The molecule has 0 saturated carbocycles. The lowest BCUT2D eigenvalue weighted by atomic mass is 10.1. The van der Waals surface area contributed by atoms with Crippen LogP contribution in [0, 0.1) is 5.82 Å². The highest BCUT2D eigenvalue weighted by atomic mass is 19.1. The Kier molecular flexibility index (Phi) is 5.29. The van der Waals surface area contributed by atoms with Crippen LogP contribution >= 0.6 is 0 Å². The molecule has 25 heavy (non-hydrogen) atoms. The van der Waals surface area contributed by atoms with Crippen molar-refractivity contribution in [2.24, 2.45) is 0 Å². The molecule has 0 atom stereocenters. The Balaban J connectivity index is 1.83. The Bertz CT molecular complexity index is 808. The highest BCUT2D eigenvalue weighted by Crippen LogP contribution is 2.16. The Morgan fingerprint density at radius 2 is 1.64 bits per heavy atom. The van der Waals surface area contributed by atoms with E-state index in [1.54, 1.807) is 17.2 Å². The van der Waals surface area contributed by atoms with Crippen LogP contribution in [0.25, 0.3) is 0 Å². The number of amides is 1. The topological polar surface area (TPSA) is 33.5 Å². The van der Waals surface area contributed by atoms with E-state index in [0.29, 0.717) is 24.4 Å². The molecule has 4 heteroatoms. The zero-order chi connectivity index (χ0) is 17.6. The summed E-state index contributed by atoms with van der Waals surface area (Å²) in [7, 11) is 0. The first kappa shape index (κ1) is 17.0. The molecule has 128 valence electrons. The molecule has 0 unspecified atom stereocenters. The molecule has 3 nitrogen and oxygen atoms in total. The van der Waals surface area contributed by atoms with Crippen LogP contribution in [-0.2, 0) is 19.5 Å². The first-order chi connectivity index (χ1) is 12.2. The first-order valence-corrected chi connectivity index (χ1v) is 8.30. The normalized spacial score (nSPS) is 10.6. The van der Waals surface area contributed by atoms with Crippen molar-refractivity contribution in [1.29, 1.82) is 0 Å². The largest absolute Gasteiger partial charge is 0.467 e. The molecule has 0 radical (unpaired) electrons. The molecule has 1 heterocycles. The van der Waals surface area contributed by atoms with Gasteiger partial charge in [0.2, 0.25) is 0 Å². The molecule has 0 spiro atoms. The smallest absolute Gasteiger partial charge is 0.254 e. The Hall–Kier alpha value is -2.88. The summed E-state index contributed by atoms with van der Waals surface area (Å²) in [4.78, 5) is 14.6.